The van der Waals surface area contributed by atoms with Crippen molar-refractivity contribution in [3.63, 3.8) is 0 Å². The first kappa shape index (κ1) is 26.2. The molecule has 2 aliphatic carbocycles. The molecule has 0 fully saturated rings. The lowest BCUT2D eigenvalue weighted by atomic mass is 9.45. The van der Waals surface area contributed by atoms with Crippen LogP contribution in [0.4, 0.5) is 0 Å². The summed E-state index contributed by atoms with van der Waals surface area (Å²) in [5.41, 5.74) is 22.0. The van der Waals surface area contributed by atoms with Crippen molar-refractivity contribution in [1.82, 2.24) is 9.05 Å². The summed E-state index contributed by atoms with van der Waals surface area (Å²) < 4.78 is 12.3. The Hall–Kier alpha value is -5.74. The third-order valence-corrected chi connectivity index (χ3v) is 13.0. The maximum atomic E-state index is 6.82. The van der Waals surface area contributed by atoms with Crippen LogP contribution < -0.4 is 10.9 Å². The molecule has 0 amide bonds. The Morgan fingerprint density at radius 1 is 0.580 bits per heavy atom. The monoisotopic (exact) mass is 638 g/mol. The lowest BCUT2D eigenvalue weighted by Crippen LogP contribution is -2.56. The zero-order valence-electron chi connectivity index (χ0n) is 28.3. The fourth-order valence-corrected chi connectivity index (χ4v) is 11.2. The first-order valence-electron chi connectivity index (χ1n) is 17.9. The Morgan fingerprint density at radius 3 is 2.12 bits per heavy atom. The number of benzene rings is 6. The third-order valence-electron chi connectivity index (χ3n) is 13.0. The Kier molecular flexibility index (Phi) is 4.19. The molecule has 3 nitrogen and oxygen atoms in total. The maximum Gasteiger partial charge on any atom is 0.332 e. The van der Waals surface area contributed by atoms with Crippen LogP contribution in [0, 0.1) is 0 Å². The average molecular weight is 639 g/mol. The van der Waals surface area contributed by atoms with Crippen molar-refractivity contribution in [1.29, 1.82) is 0 Å². The van der Waals surface area contributed by atoms with Crippen LogP contribution >= 0.6 is 0 Å². The van der Waals surface area contributed by atoms with Crippen molar-refractivity contribution in [2.75, 3.05) is 0 Å². The van der Waals surface area contributed by atoms with Crippen LogP contribution in [-0.2, 0) is 10.8 Å². The minimum atomic E-state index is -0.164. The van der Waals surface area contributed by atoms with Gasteiger partial charge < -0.3 is 13.5 Å². The van der Waals surface area contributed by atoms with Crippen LogP contribution in [0.2, 0.25) is 0 Å². The summed E-state index contributed by atoms with van der Waals surface area (Å²) in [4.78, 5) is 0. The highest BCUT2D eigenvalue weighted by atomic mass is 16.3. The van der Waals surface area contributed by atoms with E-state index in [4.69, 9.17) is 4.42 Å². The Bertz CT molecular complexity index is 3110. The molecule has 4 heteroatoms. The predicted octanol–water partition coefficient (Wildman–Crippen LogP) is 10.0. The Labute approximate surface area is 289 Å². The first-order chi connectivity index (χ1) is 24.4. The SMILES string of the molecule is CC1(C)c2ccccc2-c2c1c1cccc3c1n2-c1c2c(cc4oc5ccccc5c14)-c1cccc4c5c(n(c14)B23)C(C)(C)c1ccccc1-5. The quantitative estimate of drug-likeness (QED) is 0.152. The van der Waals surface area contributed by atoms with Gasteiger partial charge in [0.1, 0.15) is 11.2 Å². The van der Waals surface area contributed by atoms with Gasteiger partial charge in [0.05, 0.1) is 22.3 Å². The maximum absolute atomic E-state index is 6.82. The van der Waals surface area contributed by atoms with E-state index in [1.54, 1.807) is 0 Å². The zero-order valence-corrected chi connectivity index (χ0v) is 28.3. The first-order valence-corrected chi connectivity index (χ1v) is 17.9. The second-order valence-electron chi connectivity index (χ2n) is 16.0. The molecular formula is C46H31BN2O. The molecule has 4 aliphatic rings. The third kappa shape index (κ3) is 2.57. The molecule has 5 heterocycles. The molecule has 50 heavy (non-hydrogen) atoms. The molecule has 234 valence electrons. The summed E-state index contributed by atoms with van der Waals surface area (Å²) in [5.74, 6) is 0. The van der Waals surface area contributed by atoms with E-state index in [0.717, 1.165) is 11.2 Å². The van der Waals surface area contributed by atoms with Gasteiger partial charge in [-0.1, -0.05) is 131 Å². The van der Waals surface area contributed by atoms with Gasteiger partial charge in [0, 0.05) is 54.9 Å². The molecule has 0 saturated heterocycles. The molecule has 0 atom stereocenters. The van der Waals surface area contributed by atoms with E-state index in [-0.39, 0.29) is 17.7 Å². The summed E-state index contributed by atoms with van der Waals surface area (Å²) >= 11 is 0. The number of nitrogens with zero attached hydrogens (tertiary/aromatic N) is 2. The average Bonchev–Trinajstić information content (AvgIpc) is 3.89. The molecular weight excluding hydrogens is 607 g/mol. The molecule has 0 bridgehead atoms. The van der Waals surface area contributed by atoms with E-state index >= 15 is 0 Å². The van der Waals surface area contributed by atoms with Crippen LogP contribution in [0.3, 0.4) is 0 Å². The summed E-state index contributed by atoms with van der Waals surface area (Å²) in [5, 5.41) is 5.09. The molecule has 0 N–H and O–H groups in total. The van der Waals surface area contributed by atoms with Crippen LogP contribution in [0.25, 0.3) is 82.9 Å². The van der Waals surface area contributed by atoms with Gasteiger partial charge in [-0.05, 0) is 50.9 Å². The molecule has 0 radical (unpaired) electrons. The summed E-state index contributed by atoms with van der Waals surface area (Å²) in [6.45, 7) is 9.71. The van der Waals surface area contributed by atoms with E-state index in [9.17, 15) is 0 Å². The smallest absolute Gasteiger partial charge is 0.332 e. The van der Waals surface area contributed by atoms with E-state index in [2.05, 4.69) is 152 Å². The van der Waals surface area contributed by atoms with E-state index in [0.29, 0.717) is 0 Å². The molecule has 0 spiro atoms. The van der Waals surface area contributed by atoms with Crippen LogP contribution in [0.15, 0.2) is 120 Å². The van der Waals surface area contributed by atoms with Crippen molar-refractivity contribution in [2.24, 2.45) is 0 Å². The minimum absolute atomic E-state index is 0.0115. The van der Waals surface area contributed by atoms with Gasteiger partial charge in [0.2, 0.25) is 0 Å². The van der Waals surface area contributed by atoms with Crippen LogP contribution in [0.1, 0.15) is 50.1 Å². The van der Waals surface area contributed by atoms with Gasteiger partial charge in [-0.3, -0.25) is 0 Å². The van der Waals surface area contributed by atoms with E-state index in [1.165, 1.54) is 105 Å². The van der Waals surface area contributed by atoms with Gasteiger partial charge in [0.15, 0.2) is 0 Å². The van der Waals surface area contributed by atoms with Crippen molar-refractivity contribution in [3.8, 4) is 39.2 Å². The fraction of sp³-hybridized carbons (Fsp3) is 0.130. The Balaban J connectivity index is 1.31. The highest BCUT2D eigenvalue weighted by Gasteiger charge is 2.50. The normalized spacial score (nSPS) is 16.3. The van der Waals surface area contributed by atoms with Gasteiger partial charge in [-0.25, -0.2) is 0 Å². The van der Waals surface area contributed by atoms with Gasteiger partial charge >= 0.3 is 6.85 Å². The molecule has 9 aromatic rings. The van der Waals surface area contributed by atoms with Crippen molar-refractivity contribution >= 4 is 61.5 Å². The number of hydrogen-bond donors (Lipinski definition) is 0. The summed E-state index contributed by atoms with van der Waals surface area (Å²) in [6.07, 6.45) is 0. The number of para-hydroxylation sites is 3. The summed E-state index contributed by atoms with van der Waals surface area (Å²) in [7, 11) is 0. The van der Waals surface area contributed by atoms with E-state index in [1.807, 2.05) is 0 Å². The Morgan fingerprint density at radius 2 is 1.26 bits per heavy atom. The van der Waals surface area contributed by atoms with Gasteiger partial charge in [0.25, 0.3) is 0 Å². The van der Waals surface area contributed by atoms with Gasteiger partial charge in [-0.15, -0.1) is 0 Å². The highest BCUT2D eigenvalue weighted by Crippen LogP contribution is 2.58. The van der Waals surface area contributed by atoms with Crippen molar-refractivity contribution in [3.05, 3.63) is 138 Å². The summed E-state index contributed by atoms with van der Waals surface area (Å²) in [6, 6.07) is 43.3. The highest BCUT2D eigenvalue weighted by molar-refractivity contribution is 6.90. The molecule has 2 aliphatic heterocycles. The van der Waals surface area contributed by atoms with E-state index < -0.39 is 0 Å². The zero-order chi connectivity index (χ0) is 33.0. The van der Waals surface area contributed by atoms with Crippen molar-refractivity contribution in [2.45, 2.75) is 38.5 Å². The van der Waals surface area contributed by atoms with Crippen molar-refractivity contribution < 1.29 is 4.42 Å². The lowest BCUT2D eigenvalue weighted by Gasteiger charge is -2.37. The standard InChI is InChI=1S/C46H31BN2O/c1-45(2)32-20-9-6-14-26(32)42-38(45)29-18-12-21-33-41(29)48(42)43-37-27-15-7-10-22-34(27)50-35(37)23-30-24-16-11-17-28-36-25-13-5-8-19-31(25)46(3,4)44(36)49(40(24)28)47(33)39(30)43/h5-23H,1-4H3. The molecule has 3 aromatic heterocycles. The molecule has 0 unspecified atom stereocenters. The predicted molar refractivity (Wildman–Crippen MR) is 207 cm³/mol. The molecule has 6 aromatic carbocycles. The van der Waals surface area contributed by atoms with Crippen LogP contribution in [-0.4, -0.2) is 15.9 Å². The number of furan rings is 1. The largest absolute Gasteiger partial charge is 0.456 e. The van der Waals surface area contributed by atoms with Gasteiger partial charge in [-0.2, -0.15) is 0 Å². The second-order valence-corrected chi connectivity index (χ2v) is 16.0. The fourth-order valence-electron chi connectivity index (χ4n) is 11.2. The number of rotatable bonds is 0. The minimum Gasteiger partial charge on any atom is -0.456 e. The topological polar surface area (TPSA) is 23.0 Å². The van der Waals surface area contributed by atoms with Crippen LogP contribution in [0.5, 0.6) is 0 Å². The number of hydrogen-bond acceptors (Lipinski definition) is 1. The number of fused-ring (bicyclic) bond motifs is 18. The second kappa shape index (κ2) is 8.00. The lowest BCUT2D eigenvalue weighted by molar-refractivity contribution is 0.632. The molecule has 0 saturated carbocycles. The number of aromatic nitrogens is 2. The molecule has 13 rings (SSSR count).